The Kier molecular flexibility index (Phi) is 5.10. The van der Waals surface area contributed by atoms with E-state index in [0.29, 0.717) is 12.2 Å². The molecule has 21 heavy (non-hydrogen) atoms. The zero-order chi connectivity index (χ0) is 15.1. The van der Waals surface area contributed by atoms with E-state index in [2.05, 4.69) is 6.58 Å². The molecule has 0 aromatic heterocycles. The molecule has 0 aliphatic rings. The molecule has 0 spiro atoms. The van der Waals surface area contributed by atoms with Crippen molar-refractivity contribution in [2.24, 2.45) is 0 Å². The Bertz CT molecular complexity index is 654. The van der Waals surface area contributed by atoms with Crippen molar-refractivity contribution in [3.63, 3.8) is 0 Å². The van der Waals surface area contributed by atoms with Crippen LogP contribution in [-0.4, -0.2) is 12.6 Å². The van der Waals surface area contributed by atoms with Crippen LogP contribution in [0, 0.1) is 0 Å². The summed E-state index contributed by atoms with van der Waals surface area (Å²) in [6.07, 6.45) is 3.99. The number of ether oxygens (including phenoxy) is 1. The molecule has 106 valence electrons. The maximum atomic E-state index is 11.8. The first-order chi connectivity index (χ1) is 10.2. The van der Waals surface area contributed by atoms with Gasteiger partial charge in [-0.15, -0.1) is 0 Å². The van der Waals surface area contributed by atoms with E-state index in [0.717, 1.165) is 16.7 Å². The van der Waals surface area contributed by atoms with Gasteiger partial charge in [-0.3, -0.25) is 0 Å². The summed E-state index contributed by atoms with van der Waals surface area (Å²) in [5.74, 6) is -0.377. The van der Waals surface area contributed by atoms with Crippen LogP contribution in [0.25, 0.3) is 17.7 Å². The average molecular weight is 278 g/mol. The lowest BCUT2D eigenvalue weighted by atomic mass is 10.00. The monoisotopic (exact) mass is 278 g/mol. The van der Waals surface area contributed by atoms with Crippen molar-refractivity contribution in [2.45, 2.75) is 6.92 Å². The summed E-state index contributed by atoms with van der Waals surface area (Å²) in [7, 11) is 0. The van der Waals surface area contributed by atoms with E-state index in [4.69, 9.17) is 4.74 Å². The third-order valence-electron chi connectivity index (χ3n) is 3.06. The molecule has 0 atom stereocenters. The maximum Gasteiger partial charge on any atom is 0.338 e. The van der Waals surface area contributed by atoms with Gasteiger partial charge in [-0.25, -0.2) is 4.79 Å². The van der Waals surface area contributed by atoms with E-state index in [1.54, 1.807) is 6.92 Å². The van der Waals surface area contributed by atoms with Gasteiger partial charge < -0.3 is 4.74 Å². The van der Waals surface area contributed by atoms with Gasteiger partial charge in [-0.05, 0) is 23.6 Å². The highest BCUT2D eigenvalue weighted by Gasteiger charge is 2.12. The summed E-state index contributed by atoms with van der Waals surface area (Å²) < 4.78 is 5.01. The van der Waals surface area contributed by atoms with Gasteiger partial charge in [0.05, 0.1) is 12.2 Å². The molecule has 0 radical (unpaired) electrons. The fourth-order valence-corrected chi connectivity index (χ4v) is 2.00. The largest absolute Gasteiger partial charge is 0.462 e. The molecule has 0 aliphatic carbocycles. The molecule has 2 rings (SSSR count). The summed E-state index contributed by atoms with van der Waals surface area (Å²) in [6, 6.07) is 17.7. The van der Waals surface area contributed by atoms with Gasteiger partial charge >= 0.3 is 5.97 Å². The van der Waals surface area contributed by atoms with Crippen LogP contribution in [-0.2, 0) is 9.53 Å². The van der Waals surface area contributed by atoms with Gasteiger partial charge in [0.1, 0.15) is 0 Å². The van der Waals surface area contributed by atoms with Crippen molar-refractivity contribution >= 4 is 23.7 Å². The zero-order valence-electron chi connectivity index (χ0n) is 12.1. The van der Waals surface area contributed by atoms with Crippen LogP contribution < -0.4 is 0 Å². The van der Waals surface area contributed by atoms with E-state index < -0.39 is 0 Å². The molecule has 2 heteroatoms. The normalized spacial score (nSPS) is 10.5. The third-order valence-corrected chi connectivity index (χ3v) is 3.06. The quantitative estimate of drug-likeness (QED) is 0.459. The van der Waals surface area contributed by atoms with Gasteiger partial charge in [0.2, 0.25) is 0 Å². The summed E-state index contributed by atoms with van der Waals surface area (Å²) >= 11 is 0. The lowest BCUT2D eigenvalue weighted by Gasteiger charge is -2.08. The molecule has 2 aromatic carbocycles. The van der Waals surface area contributed by atoms with Crippen molar-refractivity contribution in [2.75, 3.05) is 6.61 Å². The third kappa shape index (κ3) is 3.93. The Morgan fingerprint density at radius 2 is 1.71 bits per heavy atom. The van der Waals surface area contributed by atoms with E-state index >= 15 is 0 Å². The molecule has 0 saturated heterocycles. The minimum Gasteiger partial charge on any atom is -0.462 e. The predicted molar refractivity (Wildman–Crippen MR) is 87.5 cm³/mol. The van der Waals surface area contributed by atoms with Crippen molar-refractivity contribution in [3.05, 3.63) is 77.9 Å². The first-order valence-corrected chi connectivity index (χ1v) is 6.91. The van der Waals surface area contributed by atoms with Crippen molar-refractivity contribution in [3.8, 4) is 0 Å². The molecule has 0 fully saturated rings. The minimum atomic E-state index is -0.377. The number of hydrogen-bond acceptors (Lipinski definition) is 2. The smallest absolute Gasteiger partial charge is 0.338 e. The number of carbonyl (C=O) groups is 1. The SMILES string of the molecule is C=C(C(=O)OCC)c1ccccc1C=Cc1ccccc1. The van der Waals surface area contributed by atoms with Crippen LogP contribution in [0.2, 0.25) is 0 Å². The molecular formula is C19H18O2. The van der Waals surface area contributed by atoms with Crippen LogP contribution in [0.15, 0.2) is 61.2 Å². The van der Waals surface area contributed by atoms with E-state index in [-0.39, 0.29) is 5.97 Å². The molecule has 2 aromatic rings. The molecule has 0 unspecified atom stereocenters. The topological polar surface area (TPSA) is 26.3 Å². The molecular weight excluding hydrogens is 260 g/mol. The maximum absolute atomic E-state index is 11.8. The van der Waals surface area contributed by atoms with Crippen LogP contribution >= 0.6 is 0 Å². The Balaban J connectivity index is 2.27. The Morgan fingerprint density at radius 3 is 2.43 bits per heavy atom. The predicted octanol–water partition coefficient (Wildman–Crippen LogP) is 4.43. The van der Waals surface area contributed by atoms with Crippen LogP contribution in [0.1, 0.15) is 23.6 Å². The van der Waals surface area contributed by atoms with Crippen LogP contribution in [0.5, 0.6) is 0 Å². The fraction of sp³-hybridized carbons (Fsp3) is 0.105. The molecule has 0 bridgehead atoms. The second-order valence-corrected chi connectivity index (χ2v) is 4.53. The van der Waals surface area contributed by atoms with Gasteiger partial charge in [0.25, 0.3) is 0 Å². The van der Waals surface area contributed by atoms with Crippen molar-refractivity contribution in [1.82, 2.24) is 0 Å². The van der Waals surface area contributed by atoms with Gasteiger partial charge in [0, 0.05) is 0 Å². The van der Waals surface area contributed by atoms with Crippen molar-refractivity contribution in [1.29, 1.82) is 0 Å². The molecule has 0 N–H and O–H groups in total. The summed E-state index contributed by atoms with van der Waals surface area (Å²) in [5, 5.41) is 0. The van der Waals surface area contributed by atoms with Crippen LogP contribution in [0.4, 0.5) is 0 Å². The van der Waals surface area contributed by atoms with E-state index in [1.165, 1.54) is 0 Å². The van der Waals surface area contributed by atoms with E-state index in [9.17, 15) is 4.79 Å². The fourth-order valence-electron chi connectivity index (χ4n) is 2.00. The molecule has 0 aliphatic heterocycles. The second kappa shape index (κ2) is 7.25. The first-order valence-electron chi connectivity index (χ1n) is 6.91. The summed E-state index contributed by atoms with van der Waals surface area (Å²) in [5.41, 5.74) is 3.22. The van der Waals surface area contributed by atoms with Gasteiger partial charge in [-0.1, -0.05) is 73.3 Å². The van der Waals surface area contributed by atoms with Gasteiger partial charge in [-0.2, -0.15) is 0 Å². The Hall–Kier alpha value is -2.61. The number of hydrogen-bond donors (Lipinski definition) is 0. The first kappa shape index (κ1) is 14.8. The molecule has 0 amide bonds. The van der Waals surface area contributed by atoms with E-state index in [1.807, 2.05) is 66.7 Å². The Labute approximate surface area is 125 Å². The lowest BCUT2D eigenvalue weighted by Crippen LogP contribution is -2.06. The number of benzene rings is 2. The van der Waals surface area contributed by atoms with Gasteiger partial charge in [0.15, 0.2) is 0 Å². The molecule has 0 saturated carbocycles. The summed E-state index contributed by atoms with van der Waals surface area (Å²) in [6.45, 7) is 5.98. The highest BCUT2D eigenvalue weighted by atomic mass is 16.5. The number of rotatable bonds is 5. The van der Waals surface area contributed by atoms with Crippen molar-refractivity contribution < 1.29 is 9.53 Å². The lowest BCUT2D eigenvalue weighted by molar-refractivity contribution is -0.136. The number of carbonyl (C=O) groups excluding carboxylic acids is 1. The highest BCUT2D eigenvalue weighted by molar-refractivity contribution is 6.16. The highest BCUT2D eigenvalue weighted by Crippen LogP contribution is 2.21. The minimum absolute atomic E-state index is 0.347. The second-order valence-electron chi connectivity index (χ2n) is 4.53. The average Bonchev–Trinajstić information content (AvgIpc) is 2.54. The number of esters is 1. The zero-order valence-corrected chi connectivity index (χ0v) is 12.1. The van der Waals surface area contributed by atoms with Crippen LogP contribution in [0.3, 0.4) is 0 Å². The summed E-state index contributed by atoms with van der Waals surface area (Å²) in [4.78, 5) is 11.8. The standard InChI is InChI=1S/C19H18O2/c1-3-21-19(20)15(2)18-12-8-7-11-17(18)14-13-16-9-5-4-6-10-16/h4-14H,2-3H2,1H3. The molecule has 0 heterocycles. The Morgan fingerprint density at radius 1 is 1.05 bits per heavy atom. The molecule has 2 nitrogen and oxygen atoms in total.